The molecule has 0 aliphatic rings. The minimum absolute atomic E-state index is 0.0474. The van der Waals surface area contributed by atoms with Crippen molar-refractivity contribution in [1.29, 1.82) is 5.39 Å². The van der Waals surface area contributed by atoms with Crippen molar-refractivity contribution in [3.8, 4) is 0 Å². The van der Waals surface area contributed by atoms with Gasteiger partial charge in [0.25, 0.3) is 0 Å². The molecule has 0 aromatic heterocycles. The van der Waals surface area contributed by atoms with Crippen LogP contribution in [0, 0.1) is 5.39 Å². The van der Waals surface area contributed by atoms with Gasteiger partial charge in [0.2, 0.25) is 5.39 Å². The SMILES string of the molecule is CN(CCO)c1ccc(N)cc1[N+]#N. The van der Waals surface area contributed by atoms with Crippen LogP contribution in [0.1, 0.15) is 0 Å². The molecule has 0 radical (unpaired) electrons. The number of hydrogen-bond donors (Lipinski definition) is 2. The fourth-order valence-corrected chi connectivity index (χ4v) is 1.21. The highest BCUT2D eigenvalue weighted by atomic mass is 16.3. The normalized spacial score (nSPS) is 9.50. The molecule has 0 spiro atoms. The second kappa shape index (κ2) is 4.44. The van der Waals surface area contributed by atoms with E-state index in [0.717, 1.165) is 5.69 Å². The lowest BCUT2D eigenvalue weighted by Gasteiger charge is -2.15. The van der Waals surface area contributed by atoms with Gasteiger partial charge in [-0.1, -0.05) is 0 Å². The Morgan fingerprint density at radius 1 is 1.57 bits per heavy atom. The number of nitrogens with zero attached hydrogens (tertiary/aromatic N) is 3. The third-order valence-corrected chi connectivity index (χ3v) is 1.95. The van der Waals surface area contributed by atoms with E-state index in [1.807, 2.05) is 0 Å². The van der Waals surface area contributed by atoms with E-state index >= 15 is 0 Å². The zero-order valence-corrected chi connectivity index (χ0v) is 8.01. The number of anilines is 2. The second-order valence-corrected chi connectivity index (χ2v) is 2.99. The summed E-state index contributed by atoms with van der Waals surface area (Å²) < 4.78 is 0. The number of aliphatic hydroxyl groups excluding tert-OH is 1. The lowest BCUT2D eigenvalue weighted by molar-refractivity contribution is 0.304. The first kappa shape index (κ1) is 10.3. The smallest absolute Gasteiger partial charge is 0.398 e. The summed E-state index contributed by atoms with van der Waals surface area (Å²) in [7, 11) is 1.80. The predicted molar refractivity (Wildman–Crippen MR) is 56.0 cm³/mol. The van der Waals surface area contributed by atoms with Gasteiger partial charge in [-0.3, -0.25) is 0 Å². The molecule has 0 aliphatic heterocycles. The van der Waals surface area contributed by atoms with Gasteiger partial charge in [-0.05, 0) is 12.1 Å². The maximum atomic E-state index is 8.76. The third-order valence-electron chi connectivity index (χ3n) is 1.95. The molecule has 0 unspecified atom stereocenters. The largest absolute Gasteiger partial charge is 0.410 e. The van der Waals surface area contributed by atoms with Crippen molar-refractivity contribution in [2.24, 2.45) is 0 Å². The number of hydrogen-bond acceptors (Lipinski definition) is 4. The molecule has 0 heterocycles. The van der Waals surface area contributed by atoms with Gasteiger partial charge in [0.15, 0.2) is 4.98 Å². The number of nitrogens with two attached hydrogens (primary N) is 1. The Balaban J connectivity index is 3.03. The average Bonchev–Trinajstić information content (AvgIpc) is 2.17. The van der Waals surface area contributed by atoms with E-state index in [2.05, 4.69) is 4.98 Å². The van der Waals surface area contributed by atoms with Crippen molar-refractivity contribution >= 4 is 17.1 Å². The van der Waals surface area contributed by atoms with Crippen LogP contribution in [0.15, 0.2) is 18.2 Å². The van der Waals surface area contributed by atoms with Crippen LogP contribution in [0.2, 0.25) is 0 Å². The molecule has 14 heavy (non-hydrogen) atoms. The standard InChI is InChI=1S/C9H13N4O/c1-13(4-5-14)9-3-2-7(10)6-8(9)12-11/h2-3,6,14H,4-5,10H2,1H3/q+1. The summed E-state index contributed by atoms with van der Waals surface area (Å²) in [5.74, 6) is 0. The van der Waals surface area contributed by atoms with E-state index in [-0.39, 0.29) is 6.61 Å². The molecule has 1 aromatic rings. The molecule has 74 valence electrons. The van der Waals surface area contributed by atoms with Crippen LogP contribution in [-0.4, -0.2) is 25.3 Å². The zero-order valence-electron chi connectivity index (χ0n) is 8.01. The molecule has 5 nitrogen and oxygen atoms in total. The fraction of sp³-hybridized carbons (Fsp3) is 0.333. The Morgan fingerprint density at radius 3 is 2.86 bits per heavy atom. The van der Waals surface area contributed by atoms with Crippen molar-refractivity contribution in [3.63, 3.8) is 0 Å². The summed E-state index contributed by atoms with van der Waals surface area (Å²) in [6, 6.07) is 5.04. The minimum Gasteiger partial charge on any atom is -0.398 e. The van der Waals surface area contributed by atoms with Crippen molar-refractivity contribution in [1.82, 2.24) is 0 Å². The van der Waals surface area contributed by atoms with Gasteiger partial charge in [-0.2, -0.15) is 0 Å². The minimum atomic E-state index is 0.0474. The van der Waals surface area contributed by atoms with E-state index in [1.54, 1.807) is 30.1 Å². The second-order valence-electron chi connectivity index (χ2n) is 2.99. The topological polar surface area (TPSA) is 77.6 Å². The van der Waals surface area contributed by atoms with Crippen molar-refractivity contribution in [2.75, 3.05) is 30.8 Å². The zero-order chi connectivity index (χ0) is 10.6. The molecule has 1 aromatic carbocycles. The lowest BCUT2D eigenvalue weighted by Crippen LogP contribution is -2.21. The van der Waals surface area contributed by atoms with Crippen molar-refractivity contribution in [3.05, 3.63) is 23.2 Å². The molecular formula is C9H13N4O+. The summed E-state index contributed by atoms with van der Waals surface area (Å²) in [6.07, 6.45) is 0. The maximum Gasteiger partial charge on any atom is 0.410 e. The molecule has 0 fully saturated rings. The van der Waals surface area contributed by atoms with Gasteiger partial charge < -0.3 is 15.7 Å². The quantitative estimate of drug-likeness (QED) is 0.558. The molecule has 0 amide bonds. The Hall–Kier alpha value is -1.80. The Bertz CT molecular complexity index is 358. The molecule has 5 heteroatoms. The van der Waals surface area contributed by atoms with Gasteiger partial charge in [-0.25, -0.2) is 0 Å². The maximum absolute atomic E-state index is 8.76. The van der Waals surface area contributed by atoms with Gasteiger partial charge >= 0.3 is 5.69 Å². The van der Waals surface area contributed by atoms with Gasteiger partial charge in [0.05, 0.1) is 12.7 Å². The van der Waals surface area contributed by atoms with E-state index in [1.165, 1.54) is 0 Å². The molecule has 0 aliphatic carbocycles. The van der Waals surface area contributed by atoms with E-state index in [4.69, 9.17) is 16.2 Å². The van der Waals surface area contributed by atoms with Crippen LogP contribution >= 0.6 is 0 Å². The van der Waals surface area contributed by atoms with E-state index in [9.17, 15) is 0 Å². The Morgan fingerprint density at radius 2 is 2.29 bits per heavy atom. The van der Waals surface area contributed by atoms with Gasteiger partial charge in [0.1, 0.15) is 5.69 Å². The highest BCUT2D eigenvalue weighted by Gasteiger charge is 2.16. The van der Waals surface area contributed by atoms with Crippen LogP contribution < -0.4 is 10.6 Å². The molecule has 1 rings (SSSR count). The van der Waals surface area contributed by atoms with Crippen LogP contribution in [0.25, 0.3) is 4.98 Å². The van der Waals surface area contributed by atoms with Crippen molar-refractivity contribution in [2.45, 2.75) is 0 Å². The average molecular weight is 193 g/mol. The Kier molecular flexibility index (Phi) is 3.26. The number of benzene rings is 1. The number of rotatable bonds is 3. The summed E-state index contributed by atoms with van der Waals surface area (Å²) in [6.45, 7) is 0.526. The number of likely N-dealkylation sites (N-methyl/N-ethyl adjacent to an activating group) is 1. The third kappa shape index (κ3) is 2.12. The van der Waals surface area contributed by atoms with Crippen LogP contribution in [-0.2, 0) is 0 Å². The van der Waals surface area contributed by atoms with Crippen LogP contribution in [0.4, 0.5) is 17.1 Å². The molecule has 0 bridgehead atoms. The summed E-state index contributed by atoms with van der Waals surface area (Å²) in [5.41, 5.74) is 7.21. The van der Waals surface area contributed by atoms with E-state index in [0.29, 0.717) is 17.9 Å². The summed E-state index contributed by atoms with van der Waals surface area (Å²) in [5, 5.41) is 17.5. The number of nitrogen functional groups attached to an aromatic ring is 1. The summed E-state index contributed by atoms with van der Waals surface area (Å²) >= 11 is 0. The first-order chi connectivity index (χ1) is 6.69. The predicted octanol–water partition coefficient (Wildman–Crippen LogP) is 1.18. The molecular weight excluding hydrogens is 180 g/mol. The van der Waals surface area contributed by atoms with Gasteiger partial charge in [-0.15, -0.1) is 0 Å². The van der Waals surface area contributed by atoms with Crippen LogP contribution in [0.5, 0.6) is 0 Å². The number of diazo groups is 1. The first-order valence-electron chi connectivity index (χ1n) is 4.25. The summed E-state index contributed by atoms with van der Waals surface area (Å²) in [4.78, 5) is 4.92. The number of aliphatic hydroxyl groups is 1. The highest BCUT2D eigenvalue weighted by molar-refractivity contribution is 5.74. The molecule has 0 saturated heterocycles. The van der Waals surface area contributed by atoms with Crippen molar-refractivity contribution < 1.29 is 5.11 Å². The van der Waals surface area contributed by atoms with Crippen LogP contribution in [0.3, 0.4) is 0 Å². The monoisotopic (exact) mass is 193 g/mol. The first-order valence-corrected chi connectivity index (χ1v) is 4.25. The molecule has 3 N–H and O–H groups in total. The van der Waals surface area contributed by atoms with E-state index < -0.39 is 0 Å². The Labute approximate surface area is 82.4 Å². The molecule has 0 atom stereocenters. The lowest BCUT2D eigenvalue weighted by atomic mass is 10.2. The van der Waals surface area contributed by atoms with Gasteiger partial charge in [0, 0.05) is 19.3 Å². The fourth-order valence-electron chi connectivity index (χ4n) is 1.21. The highest BCUT2D eigenvalue weighted by Crippen LogP contribution is 2.29. The molecule has 0 saturated carbocycles.